The highest BCUT2D eigenvalue weighted by molar-refractivity contribution is 6.33. The molecule has 39 heavy (non-hydrogen) atoms. The van der Waals surface area contributed by atoms with Crippen LogP contribution < -0.4 is 9.47 Å². The zero-order valence-electron chi connectivity index (χ0n) is 21.1. The number of furan rings is 1. The van der Waals surface area contributed by atoms with Gasteiger partial charge in [-0.1, -0.05) is 60.7 Å². The lowest BCUT2D eigenvalue weighted by Gasteiger charge is -2.23. The number of esters is 1. The molecular weight excluding hydrogens is 496 g/mol. The molecule has 6 rings (SSSR count). The maximum atomic E-state index is 14.1. The molecule has 1 aliphatic carbocycles. The second-order valence-corrected chi connectivity index (χ2v) is 8.90. The minimum atomic E-state index is -0.646. The Bertz CT molecular complexity index is 1770. The van der Waals surface area contributed by atoms with Crippen LogP contribution in [0.25, 0.3) is 11.0 Å². The molecule has 0 aliphatic heterocycles. The van der Waals surface area contributed by atoms with E-state index in [0.29, 0.717) is 11.5 Å². The molecule has 0 unspecified atom stereocenters. The molecule has 1 aromatic heterocycles. The first kappa shape index (κ1) is 24.2. The van der Waals surface area contributed by atoms with Crippen molar-refractivity contribution in [3.05, 3.63) is 119 Å². The molecule has 0 saturated heterocycles. The van der Waals surface area contributed by atoms with Crippen molar-refractivity contribution in [2.24, 2.45) is 0 Å². The highest BCUT2D eigenvalue weighted by Gasteiger charge is 2.41. The van der Waals surface area contributed by atoms with E-state index in [-0.39, 0.29) is 62.7 Å². The van der Waals surface area contributed by atoms with Gasteiger partial charge in [0.25, 0.3) is 0 Å². The summed E-state index contributed by atoms with van der Waals surface area (Å²) in [5.41, 5.74) is 0.669. The highest BCUT2D eigenvalue weighted by atomic mass is 16.5. The van der Waals surface area contributed by atoms with Gasteiger partial charge < -0.3 is 18.6 Å². The molecule has 7 nitrogen and oxygen atoms in total. The van der Waals surface area contributed by atoms with Crippen molar-refractivity contribution in [3.8, 4) is 23.0 Å². The fourth-order valence-corrected chi connectivity index (χ4v) is 4.83. The SMILES string of the molecule is CCOC(=O)c1c(C)oc2c(Oc3ccccc3)c3c(c(Oc4ccccc4)c12)C(=O)c1ccccc1C3=O. The lowest BCUT2D eigenvalue weighted by Crippen LogP contribution is -2.22. The van der Waals surface area contributed by atoms with Crippen molar-refractivity contribution in [1.29, 1.82) is 0 Å². The van der Waals surface area contributed by atoms with Gasteiger partial charge in [0.15, 0.2) is 28.6 Å². The number of hydrogen-bond acceptors (Lipinski definition) is 7. The van der Waals surface area contributed by atoms with Crippen molar-refractivity contribution < 1.29 is 33.0 Å². The second-order valence-electron chi connectivity index (χ2n) is 8.90. The molecular formula is C32H22O7. The second kappa shape index (κ2) is 9.61. The van der Waals surface area contributed by atoms with Crippen LogP contribution in [0.3, 0.4) is 0 Å². The number of fused-ring (bicyclic) bond motifs is 3. The zero-order chi connectivity index (χ0) is 27.1. The van der Waals surface area contributed by atoms with Crippen molar-refractivity contribution in [2.45, 2.75) is 13.8 Å². The average molecular weight is 519 g/mol. The van der Waals surface area contributed by atoms with E-state index < -0.39 is 17.5 Å². The Balaban J connectivity index is 1.75. The molecule has 5 aromatic rings. The number of aryl methyl sites for hydroxylation is 1. The van der Waals surface area contributed by atoms with Gasteiger partial charge in [-0.2, -0.15) is 0 Å². The van der Waals surface area contributed by atoms with Gasteiger partial charge in [0.1, 0.15) is 22.8 Å². The third-order valence-electron chi connectivity index (χ3n) is 6.50. The maximum Gasteiger partial charge on any atom is 0.342 e. The van der Waals surface area contributed by atoms with E-state index in [9.17, 15) is 14.4 Å². The topological polar surface area (TPSA) is 92.0 Å². The molecule has 0 fully saturated rings. The standard InChI is InChI=1S/C32H22O7/c1-3-36-32(35)23-18(2)37-31-26(23)29(38-19-12-6-4-7-13-19)24-25(30(31)39-20-14-8-5-9-15-20)28(34)22-17-11-10-16-21(22)27(24)33/h4-17H,3H2,1-2H3. The minimum absolute atomic E-state index is 0.00476. The summed E-state index contributed by atoms with van der Waals surface area (Å²) in [5, 5.41) is 0.194. The third-order valence-corrected chi connectivity index (χ3v) is 6.50. The Morgan fingerprint density at radius 2 is 1.21 bits per heavy atom. The summed E-state index contributed by atoms with van der Waals surface area (Å²) >= 11 is 0. The van der Waals surface area contributed by atoms with E-state index in [1.165, 1.54) is 0 Å². The monoisotopic (exact) mass is 518 g/mol. The largest absolute Gasteiger partial charge is 0.462 e. The first-order chi connectivity index (χ1) is 19.0. The molecule has 1 heterocycles. The van der Waals surface area contributed by atoms with Crippen LogP contribution in [0.2, 0.25) is 0 Å². The number of para-hydroxylation sites is 2. The van der Waals surface area contributed by atoms with Crippen LogP contribution in [0.5, 0.6) is 23.0 Å². The Hall–Kier alpha value is -5.17. The molecule has 0 saturated carbocycles. The molecule has 0 N–H and O–H groups in total. The van der Waals surface area contributed by atoms with Crippen molar-refractivity contribution >= 4 is 28.5 Å². The number of hydrogen-bond donors (Lipinski definition) is 0. The van der Waals surface area contributed by atoms with Gasteiger partial charge in [0, 0.05) is 11.1 Å². The lowest BCUT2D eigenvalue weighted by molar-refractivity contribution is 0.0526. The number of carbonyl (C=O) groups is 3. The van der Waals surface area contributed by atoms with Gasteiger partial charge in [0.2, 0.25) is 0 Å². The van der Waals surface area contributed by atoms with Crippen LogP contribution in [0, 0.1) is 6.92 Å². The maximum absolute atomic E-state index is 14.1. The van der Waals surface area contributed by atoms with E-state index in [0.717, 1.165) is 0 Å². The van der Waals surface area contributed by atoms with Gasteiger partial charge in [-0.3, -0.25) is 9.59 Å². The number of carbonyl (C=O) groups excluding carboxylic acids is 3. The predicted molar refractivity (Wildman–Crippen MR) is 143 cm³/mol. The summed E-state index contributed by atoms with van der Waals surface area (Å²) in [4.78, 5) is 41.3. The van der Waals surface area contributed by atoms with E-state index in [1.54, 1.807) is 86.6 Å². The number of ether oxygens (including phenoxy) is 3. The summed E-state index contributed by atoms with van der Waals surface area (Å²) in [6.07, 6.45) is 0. The Morgan fingerprint density at radius 1 is 0.718 bits per heavy atom. The van der Waals surface area contributed by atoms with Gasteiger partial charge >= 0.3 is 5.97 Å². The van der Waals surface area contributed by atoms with Crippen LogP contribution in [0.15, 0.2) is 89.3 Å². The molecule has 0 radical (unpaired) electrons. The molecule has 0 spiro atoms. The van der Waals surface area contributed by atoms with Crippen molar-refractivity contribution in [1.82, 2.24) is 0 Å². The quantitative estimate of drug-likeness (QED) is 0.214. The Morgan fingerprint density at radius 3 is 1.74 bits per heavy atom. The summed E-state index contributed by atoms with van der Waals surface area (Å²) in [6, 6.07) is 24.2. The first-order valence-electron chi connectivity index (χ1n) is 12.4. The Labute approximate surface area is 223 Å². The predicted octanol–water partition coefficient (Wildman–Crippen LogP) is 7.28. The zero-order valence-corrected chi connectivity index (χ0v) is 21.1. The van der Waals surface area contributed by atoms with E-state index >= 15 is 0 Å². The molecule has 192 valence electrons. The van der Waals surface area contributed by atoms with Gasteiger partial charge in [-0.15, -0.1) is 0 Å². The van der Waals surface area contributed by atoms with Crippen LogP contribution in [0.1, 0.15) is 54.9 Å². The van der Waals surface area contributed by atoms with Gasteiger partial charge in [-0.25, -0.2) is 4.79 Å². The normalized spacial score (nSPS) is 12.2. The summed E-state index contributed by atoms with van der Waals surface area (Å²) in [7, 11) is 0. The number of rotatable bonds is 6. The molecule has 1 aliphatic rings. The number of benzene rings is 4. The summed E-state index contributed by atoms with van der Waals surface area (Å²) in [6.45, 7) is 3.44. The van der Waals surface area contributed by atoms with Gasteiger partial charge in [0.05, 0.1) is 23.1 Å². The van der Waals surface area contributed by atoms with Crippen molar-refractivity contribution in [3.63, 3.8) is 0 Å². The lowest BCUT2D eigenvalue weighted by atomic mass is 9.82. The van der Waals surface area contributed by atoms with Crippen molar-refractivity contribution in [2.75, 3.05) is 6.61 Å². The van der Waals surface area contributed by atoms with Crippen LogP contribution >= 0.6 is 0 Å². The fourth-order valence-electron chi connectivity index (χ4n) is 4.83. The Kier molecular flexibility index (Phi) is 5.96. The third kappa shape index (κ3) is 3.95. The van der Waals surface area contributed by atoms with E-state index in [4.69, 9.17) is 18.6 Å². The number of ketones is 2. The molecule has 0 atom stereocenters. The van der Waals surface area contributed by atoms with E-state index in [1.807, 2.05) is 12.1 Å². The van der Waals surface area contributed by atoms with Crippen LogP contribution in [0.4, 0.5) is 0 Å². The summed E-state index contributed by atoms with van der Waals surface area (Å²) in [5.74, 6) is -0.380. The smallest absolute Gasteiger partial charge is 0.342 e. The average Bonchev–Trinajstić information content (AvgIpc) is 3.31. The van der Waals surface area contributed by atoms with Crippen LogP contribution in [-0.2, 0) is 4.74 Å². The highest BCUT2D eigenvalue weighted by Crippen LogP contribution is 2.50. The summed E-state index contributed by atoms with van der Waals surface area (Å²) < 4.78 is 24.0. The van der Waals surface area contributed by atoms with Crippen LogP contribution in [-0.4, -0.2) is 24.1 Å². The molecule has 7 heteroatoms. The molecule has 0 amide bonds. The first-order valence-corrected chi connectivity index (χ1v) is 12.4. The van der Waals surface area contributed by atoms with E-state index in [2.05, 4.69) is 0 Å². The molecule has 0 bridgehead atoms. The minimum Gasteiger partial charge on any atom is -0.462 e. The molecule has 4 aromatic carbocycles. The van der Waals surface area contributed by atoms with Gasteiger partial charge in [-0.05, 0) is 38.1 Å². The fraction of sp³-hybridized carbons (Fsp3) is 0.0938.